The number of nitrogens with one attached hydrogen (secondary N) is 1. The molecule has 1 aliphatic carbocycles. The molecule has 3 atom stereocenters. The Morgan fingerprint density at radius 3 is 3.06 bits per heavy atom. The van der Waals surface area contributed by atoms with E-state index in [2.05, 4.69) is 12.2 Å². The molecular formula is C13H24N2O2S. The molecule has 0 spiro atoms. The minimum atomic E-state index is 0.0947. The van der Waals surface area contributed by atoms with Crippen molar-refractivity contribution in [2.75, 3.05) is 25.4 Å². The summed E-state index contributed by atoms with van der Waals surface area (Å²) in [5.74, 6) is 1.17. The van der Waals surface area contributed by atoms with Gasteiger partial charge in [-0.25, -0.2) is 4.79 Å². The van der Waals surface area contributed by atoms with Crippen molar-refractivity contribution in [3.8, 4) is 0 Å². The highest BCUT2D eigenvalue weighted by atomic mass is 32.2. The Morgan fingerprint density at radius 1 is 1.50 bits per heavy atom. The average Bonchev–Trinajstić information content (AvgIpc) is 2.77. The van der Waals surface area contributed by atoms with Crippen molar-refractivity contribution >= 4 is 17.8 Å². The molecule has 5 heteroatoms. The third kappa shape index (κ3) is 3.79. The van der Waals surface area contributed by atoms with Crippen LogP contribution in [0.5, 0.6) is 0 Å². The summed E-state index contributed by atoms with van der Waals surface area (Å²) in [7, 11) is 0. The predicted octanol–water partition coefficient (Wildman–Crippen LogP) is 2.09. The molecule has 1 saturated heterocycles. The minimum Gasteiger partial charge on any atom is -0.375 e. The molecule has 2 amide bonds. The number of thioether (sulfide) groups is 1. The quantitative estimate of drug-likeness (QED) is 0.855. The summed E-state index contributed by atoms with van der Waals surface area (Å²) in [5, 5.41) is 3.92. The number of carbonyl (C=O) groups is 1. The minimum absolute atomic E-state index is 0.0947. The van der Waals surface area contributed by atoms with Crippen LogP contribution in [0.15, 0.2) is 0 Å². The van der Waals surface area contributed by atoms with Gasteiger partial charge in [0.05, 0.1) is 12.7 Å². The lowest BCUT2D eigenvalue weighted by molar-refractivity contribution is -0.00383. The van der Waals surface area contributed by atoms with Crippen molar-refractivity contribution in [2.24, 2.45) is 0 Å². The lowest BCUT2D eigenvalue weighted by Gasteiger charge is -2.32. The molecule has 2 rings (SSSR count). The third-order valence-electron chi connectivity index (χ3n) is 3.64. The Bertz CT molecular complexity index is 288. The lowest BCUT2D eigenvalue weighted by atomic mass is 10.2. The van der Waals surface area contributed by atoms with Crippen molar-refractivity contribution in [1.82, 2.24) is 10.2 Å². The molecule has 1 saturated carbocycles. The van der Waals surface area contributed by atoms with Gasteiger partial charge in [0.15, 0.2) is 0 Å². The first-order valence-corrected chi connectivity index (χ1v) is 8.02. The van der Waals surface area contributed by atoms with Crippen LogP contribution in [0.3, 0.4) is 0 Å². The highest BCUT2D eigenvalue weighted by molar-refractivity contribution is 7.99. The molecule has 0 radical (unpaired) electrons. The fraction of sp³-hybridized carbons (Fsp3) is 0.923. The number of rotatable bonds is 3. The van der Waals surface area contributed by atoms with Gasteiger partial charge in [-0.3, -0.25) is 0 Å². The summed E-state index contributed by atoms with van der Waals surface area (Å²) >= 11 is 2.02. The number of ether oxygens (including phenoxy) is 1. The Balaban J connectivity index is 1.74. The molecule has 18 heavy (non-hydrogen) atoms. The maximum absolute atomic E-state index is 12.1. The van der Waals surface area contributed by atoms with Crippen LogP contribution in [0.1, 0.15) is 33.1 Å². The molecule has 1 heterocycles. The monoisotopic (exact) mass is 272 g/mol. The first kappa shape index (κ1) is 14.0. The van der Waals surface area contributed by atoms with Crippen molar-refractivity contribution in [3.63, 3.8) is 0 Å². The molecule has 0 aromatic heterocycles. The molecule has 0 aromatic rings. The average molecular weight is 272 g/mol. The SMILES string of the molecule is CCSC1CCC(NC(=O)N2CCOC(C)C2)C1. The Morgan fingerprint density at radius 2 is 2.33 bits per heavy atom. The summed E-state index contributed by atoms with van der Waals surface area (Å²) in [6.07, 6.45) is 3.66. The molecule has 0 aromatic carbocycles. The Hall–Kier alpha value is -0.420. The van der Waals surface area contributed by atoms with E-state index in [4.69, 9.17) is 4.74 Å². The van der Waals surface area contributed by atoms with Crippen molar-refractivity contribution in [2.45, 2.75) is 50.5 Å². The topological polar surface area (TPSA) is 41.6 Å². The maximum Gasteiger partial charge on any atom is 0.317 e. The van der Waals surface area contributed by atoms with E-state index in [9.17, 15) is 4.79 Å². The van der Waals surface area contributed by atoms with E-state index >= 15 is 0 Å². The maximum atomic E-state index is 12.1. The molecule has 0 bridgehead atoms. The second-order valence-electron chi connectivity index (χ2n) is 5.16. The van der Waals surface area contributed by atoms with Gasteiger partial charge in [-0.15, -0.1) is 0 Å². The summed E-state index contributed by atoms with van der Waals surface area (Å²) in [5.41, 5.74) is 0. The standard InChI is InChI=1S/C13H24N2O2S/c1-3-18-12-5-4-11(8-12)14-13(16)15-6-7-17-10(2)9-15/h10-12H,3-9H2,1-2H3,(H,14,16). The van der Waals surface area contributed by atoms with Gasteiger partial charge < -0.3 is 15.0 Å². The van der Waals surface area contributed by atoms with Gasteiger partial charge in [-0.05, 0) is 31.9 Å². The van der Waals surface area contributed by atoms with Crippen LogP contribution in [0.25, 0.3) is 0 Å². The summed E-state index contributed by atoms with van der Waals surface area (Å²) < 4.78 is 5.45. The highest BCUT2D eigenvalue weighted by Gasteiger charge is 2.28. The molecule has 2 fully saturated rings. The Kier molecular flexibility index (Phi) is 5.18. The van der Waals surface area contributed by atoms with E-state index in [0.717, 1.165) is 24.6 Å². The Labute approximate surface area is 114 Å². The van der Waals surface area contributed by atoms with Crippen molar-refractivity contribution in [3.05, 3.63) is 0 Å². The fourth-order valence-corrected chi connectivity index (χ4v) is 3.87. The third-order valence-corrected chi connectivity index (χ3v) is 4.88. The van der Waals surface area contributed by atoms with E-state index in [1.807, 2.05) is 23.6 Å². The number of urea groups is 1. The normalized spacial score (nSPS) is 32.6. The van der Waals surface area contributed by atoms with Crippen LogP contribution in [-0.2, 0) is 4.74 Å². The zero-order valence-corrected chi connectivity index (χ0v) is 12.2. The van der Waals surface area contributed by atoms with E-state index in [0.29, 0.717) is 19.2 Å². The molecule has 1 aliphatic heterocycles. The number of carbonyl (C=O) groups excluding carboxylic acids is 1. The largest absolute Gasteiger partial charge is 0.375 e. The molecule has 2 aliphatic rings. The van der Waals surface area contributed by atoms with Gasteiger partial charge in [-0.1, -0.05) is 6.92 Å². The van der Waals surface area contributed by atoms with Crippen LogP contribution in [0.2, 0.25) is 0 Å². The van der Waals surface area contributed by atoms with Crippen LogP contribution in [0.4, 0.5) is 4.79 Å². The van der Waals surface area contributed by atoms with Gasteiger partial charge in [0.2, 0.25) is 0 Å². The molecule has 104 valence electrons. The molecule has 4 nitrogen and oxygen atoms in total. The predicted molar refractivity (Wildman–Crippen MR) is 75.1 cm³/mol. The summed E-state index contributed by atoms with van der Waals surface area (Å²) in [6.45, 7) is 6.31. The van der Waals surface area contributed by atoms with Gasteiger partial charge in [0.25, 0.3) is 0 Å². The van der Waals surface area contributed by atoms with Crippen LogP contribution >= 0.6 is 11.8 Å². The molecular weight excluding hydrogens is 248 g/mol. The second kappa shape index (κ2) is 6.66. The van der Waals surface area contributed by atoms with Crippen LogP contribution < -0.4 is 5.32 Å². The smallest absolute Gasteiger partial charge is 0.317 e. The van der Waals surface area contributed by atoms with Crippen molar-refractivity contribution < 1.29 is 9.53 Å². The molecule has 3 unspecified atom stereocenters. The van der Waals surface area contributed by atoms with Crippen molar-refractivity contribution in [1.29, 1.82) is 0 Å². The second-order valence-corrected chi connectivity index (χ2v) is 6.74. The van der Waals surface area contributed by atoms with Gasteiger partial charge in [0.1, 0.15) is 0 Å². The molecule has 1 N–H and O–H groups in total. The lowest BCUT2D eigenvalue weighted by Crippen LogP contribution is -2.50. The van der Waals surface area contributed by atoms with E-state index in [-0.39, 0.29) is 12.1 Å². The fourth-order valence-electron chi connectivity index (χ4n) is 2.73. The summed E-state index contributed by atoms with van der Waals surface area (Å²) in [6, 6.07) is 0.469. The first-order chi connectivity index (χ1) is 8.69. The van der Waals surface area contributed by atoms with E-state index in [1.165, 1.54) is 12.2 Å². The van der Waals surface area contributed by atoms with Gasteiger partial charge in [0, 0.05) is 24.4 Å². The van der Waals surface area contributed by atoms with E-state index in [1.54, 1.807) is 0 Å². The number of nitrogens with zero attached hydrogens (tertiary/aromatic N) is 1. The van der Waals surface area contributed by atoms with E-state index < -0.39 is 0 Å². The van der Waals surface area contributed by atoms with Crippen LogP contribution in [0, 0.1) is 0 Å². The number of amides is 2. The summed E-state index contributed by atoms with van der Waals surface area (Å²) in [4.78, 5) is 14.0. The number of hydrogen-bond acceptors (Lipinski definition) is 3. The van der Waals surface area contributed by atoms with Crippen LogP contribution in [-0.4, -0.2) is 53.8 Å². The highest BCUT2D eigenvalue weighted by Crippen LogP contribution is 2.29. The van der Waals surface area contributed by atoms with Gasteiger partial charge in [-0.2, -0.15) is 11.8 Å². The zero-order valence-electron chi connectivity index (χ0n) is 11.4. The zero-order chi connectivity index (χ0) is 13.0. The van der Waals surface area contributed by atoms with Gasteiger partial charge >= 0.3 is 6.03 Å². The first-order valence-electron chi connectivity index (χ1n) is 6.97. The number of hydrogen-bond donors (Lipinski definition) is 1. The number of morpholine rings is 1.